The predicted octanol–water partition coefficient (Wildman–Crippen LogP) is 1.61. The van der Waals surface area contributed by atoms with Gasteiger partial charge in [0.1, 0.15) is 0 Å². The summed E-state index contributed by atoms with van der Waals surface area (Å²) in [7, 11) is 1.88. The molecule has 1 aromatic rings. The largest absolute Gasteiger partial charge is 0.345 e. The van der Waals surface area contributed by atoms with Crippen LogP contribution in [0.2, 0.25) is 0 Å². The van der Waals surface area contributed by atoms with Crippen molar-refractivity contribution in [2.75, 3.05) is 26.7 Å². The third-order valence-electron chi connectivity index (χ3n) is 3.76. The van der Waals surface area contributed by atoms with Crippen LogP contribution in [0.4, 0.5) is 0 Å². The SMILES string of the molecule is Cc1ccsc1C(C(C)N)N1CCCN(C)C(=O)C1. The van der Waals surface area contributed by atoms with Gasteiger partial charge in [-0.15, -0.1) is 11.3 Å². The lowest BCUT2D eigenvalue weighted by Crippen LogP contribution is -2.43. The number of rotatable bonds is 3. The molecule has 0 spiro atoms. The van der Waals surface area contributed by atoms with Gasteiger partial charge in [-0.05, 0) is 37.3 Å². The Morgan fingerprint density at radius 3 is 2.74 bits per heavy atom. The Morgan fingerprint density at radius 2 is 2.16 bits per heavy atom. The Bertz CT molecular complexity index is 444. The third kappa shape index (κ3) is 3.16. The molecule has 0 aromatic carbocycles. The van der Waals surface area contributed by atoms with Crippen molar-refractivity contribution in [2.24, 2.45) is 5.73 Å². The van der Waals surface area contributed by atoms with Crippen LogP contribution >= 0.6 is 11.3 Å². The minimum atomic E-state index is 0.0218. The minimum absolute atomic E-state index is 0.0218. The van der Waals surface area contributed by atoms with Crippen molar-refractivity contribution >= 4 is 17.2 Å². The van der Waals surface area contributed by atoms with Crippen molar-refractivity contribution in [2.45, 2.75) is 32.4 Å². The summed E-state index contributed by atoms with van der Waals surface area (Å²) in [5.41, 5.74) is 7.47. The van der Waals surface area contributed by atoms with Gasteiger partial charge in [-0.1, -0.05) is 0 Å². The van der Waals surface area contributed by atoms with E-state index in [9.17, 15) is 4.79 Å². The molecular formula is C14H23N3OS. The summed E-state index contributed by atoms with van der Waals surface area (Å²) in [6.45, 7) is 6.39. The van der Waals surface area contributed by atoms with Gasteiger partial charge in [-0.25, -0.2) is 0 Å². The van der Waals surface area contributed by atoms with Crippen LogP contribution in [0.25, 0.3) is 0 Å². The smallest absolute Gasteiger partial charge is 0.236 e. The number of aryl methyl sites for hydroxylation is 1. The molecule has 1 amide bonds. The van der Waals surface area contributed by atoms with Crippen molar-refractivity contribution < 1.29 is 4.79 Å². The summed E-state index contributed by atoms with van der Waals surface area (Å²) in [5.74, 6) is 0.192. The first-order chi connectivity index (χ1) is 9.00. The van der Waals surface area contributed by atoms with Gasteiger partial charge in [-0.3, -0.25) is 9.69 Å². The third-order valence-corrected chi connectivity index (χ3v) is 4.85. The summed E-state index contributed by atoms with van der Waals surface area (Å²) < 4.78 is 0. The van der Waals surface area contributed by atoms with E-state index in [2.05, 4.69) is 23.3 Å². The molecule has 1 fully saturated rings. The number of carbonyl (C=O) groups is 1. The summed E-state index contributed by atoms with van der Waals surface area (Å²) in [4.78, 5) is 17.4. The van der Waals surface area contributed by atoms with E-state index in [1.807, 2.05) is 18.9 Å². The van der Waals surface area contributed by atoms with Crippen molar-refractivity contribution in [3.8, 4) is 0 Å². The molecule has 1 aliphatic heterocycles. The van der Waals surface area contributed by atoms with Crippen molar-refractivity contribution in [1.29, 1.82) is 0 Å². The average Bonchev–Trinajstić information content (AvgIpc) is 2.67. The van der Waals surface area contributed by atoms with Gasteiger partial charge in [0.25, 0.3) is 0 Å². The van der Waals surface area contributed by atoms with Crippen LogP contribution in [0.3, 0.4) is 0 Å². The molecule has 1 aromatic heterocycles. The standard InChI is InChI=1S/C14H23N3OS/c1-10-5-8-19-14(10)13(11(2)15)17-7-4-6-16(3)12(18)9-17/h5,8,11,13H,4,6-7,9,15H2,1-3H3. The van der Waals surface area contributed by atoms with E-state index in [1.54, 1.807) is 11.3 Å². The highest BCUT2D eigenvalue weighted by Crippen LogP contribution is 2.31. The van der Waals surface area contributed by atoms with Gasteiger partial charge in [0.05, 0.1) is 12.6 Å². The number of hydrogen-bond acceptors (Lipinski definition) is 4. The van der Waals surface area contributed by atoms with Crippen LogP contribution in [0.5, 0.6) is 0 Å². The lowest BCUT2D eigenvalue weighted by molar-refractivity contribution is -0.130. The van der Waals surface area contributed by atoms with Gasteiger partial charge in [0.15, 0.2) is 0 Å². The maximum absolute atomic E-state index is 12.1. The molecule has 1 saturated heterocycles. The van der Waals surface area contributed by atoms with Gasteiger partial charge < -0.3 is 10.6 Å². The highest BCUT2D eigenvalue weighted by Gasteiger charge is 2.30. The zero-order valence-corrected chi connectivity index (χ0v) is 12.7. The number of hydrogen-bond donors (Lipinski definition) is 1. The molecule has 5 heteroatoms. The molecule has 2 N–H and O–H groups in total. The second-order valence-electron chi connectivity index (χ2n) is 5.41. The number of carbonyl (C=O) groups excluding carboxylic acids is 1. The lowest BCUT2D eigenvalue weighted by Gasteiger charge is -2.32. The molecule has 0 radical (unpaired) electrons. The zero-order chi connectivity index (χ0) is 14.0. The Kier molecular flexibility index (Phi) is 4.60. The molecule has 0 saturated carbocycles. The van der Waals surface area contributed by atoms with Gasteiger partial charge >= 0.3 is 0 Å². The number of nitrogens with two attached hydrogens (primary N) is 1. The van der Waals surface area contributed by atoms with Gasteiger partial charge in [0.2, 0.25) is 5.91 Å². The number of nitrogens with zero attached hydrogens (tertiary/aromatic N) is 2. The van der Waals surface area contributed by atoms with E-state index >= 15 is 0 Å². The molecule has 0 bridgehead atoms. The highest BCUT2D eigenvalue weighted by atomic mass is 32.1. The Labute approximate surface area is 119 Å². The van der Waals surface area contributed by atoms with Crippen LogP contribution in [0.1, 0.15) is 29.8 Å². The summed E-state index contributed by atoms with van der Waals surface area (Å²) >= 11 is 1.74. The first kappa shape index (κ1) is 14.5. The van der Waals surface area contributed by atoms with Crippen LogP contribution in [-0.4, -0.2) is 48.4 Å². The van der Waals surface area contributed by atoms with Gasteiger partial charge in [0, 0.05) is 31.1 Å². The van der Waals surface area contributed by atoms with E-state index in [0.717, 1.165) is 19.5 Å². The fourth-order valence-electron chi connectivity index (χ4n) is 2.67. The molecule has 2 heterocycles. The zero-order valence-electron chi connectivity index (χ0n) is 11.9. The lowest BCUT2D eigenvalue weighted by atomic mass is 10.0. The van der Waals surface area contributed by atoms with Gasteiger partial charge in [-0.2, -0.15) is 0 Å². The molecule has 1 aliphatic rings. The fraction of sp³-hybridized carbons (Fsp3) is 0.643. The van der Waals surface area contributed by atoms with Crippen molar-refractivity contribution in [3.63, 3.8) is 0 Å². The quantitative estimate of drug-likeness (QED) is 0.916. The molecule has 19 heavy (non-hydrogen) atoms. The molecule has 2 rings (SSSR count). The van der Waals surface area contributed by atoms with E-state index < -0.39 is 0 Å². The molecule has 106 valence electrons. The molecular weight excluding hydrogens is 258 g/mol. The van der Waals surface area contributed by atoms with E-state index in [0.29, 0.717) is 6.54 Å². The number of thiophene rings is 1. The first-order valence-electron chi connectivity index (χ1n) is 6.78. The molecule has 2 unspecified atom stereocenters. The summed E-state index contributed by atoms with van der Waals surface area (Å²) in [6.07, 6.45) is 1.01. The van der Waals surface area contributed by atoms with Crippen LogP contribution < -0.4 is 5.73 Å². The molecule has 2 atom stereocenters. The number of amides is 1. The van der Waals surface area contributed by atoms with Crippen LogP contribution in [-0.2, 0) is 4.79 Å². The second-order valence-corrected chi connectivity index (χ2v) is 6.36. The van der Waals surface area contributed by atoms with E-state index in [4.69, 9.17) is 5.73 Å². The molecule has 4 nitrogen and oxygen atoms in total. The average molecular weight is 281 g/mol. The summed E-state index contributed by atoms with van der Waals surface area (Å²) in [5, 5.41) is 2.10. The summed E-state index contributed by atoms with van der Waals surface area (Å²) in [6, 6.07) is 2.30. The number of likely N-dealkylation sites (N-methyl/N-ethyl adjacent to an activating group) is 1. The highest BCUT2D eigenvalue weighted by molar-refractivity contribution is 7.10. The Morgan fingerprint density at radius 1 is 1.42 bits per heavy atom. The maximum Gasteiger partial charge on any atom is 0.236 e. The van der Waals surface area contributed by atoms with Crippen LogP contribution in [0, 0.1) is 6.92 Å². The minimum Gasteiger partial charge on any atom is -0.345 e. The Balaban J connectivity index is 2.24. The second kappa shape index (κ2) is 6.03. The van der Waals surface area contributed by atoms with Crippen LogP contribution in [0.15, 0.2) is 11.4 Å². The topological polar surface area (TPSA) is 49.6 Å². The molecule has 0 aliphatic carbocycles. The normalized spacial score (nSPS) is 21.3. The van der Waals surface area contributed by atoms with Crippen molar-refractivity contribution in [3.05, 3.63) is 21.9 Å². The fourth-order valence-corrected chi connectivity index (χ4v) is 3.85. The predicted molar refractivity (Wildman–Crippen MR) is 79.3 cm³/mol. The monoisotopic (exact) mass is 281 g/mol. The van der Waals surface area contributed by atoms with E-state index in [1.165, 1.54) is 10.4 Å². The Hall–Kier alpha value is -0.910. The first-order valence-corrected chi connectivity index (χ1v) is 7.66. The van der Waals surface area contributed by atoms with E-state index in [-0.39, 0.29) is 18.0 Å². The maximum atomic E-state index is 12.1. The van der Waals surface area contributed by atoms with Crippen molar-refractivity contribution in [1.82, 2.24) is 9.80 Å².